The smallest absolute Gasteiger partial charge is 0.0590 e. The maximum atomic E-state index is 2.95. The summed E-state index contributed by atoms with van der Waals surface area (Å²) in [5.41, 5.74) is 8.44. The third kappa shape index (κ3) is 4.74. The minimum absolute atomic E-state index is 0.525. The summed E-state index contributed by atoms with van der Waals surface area (Å²) in [6, 6.07) is 52.7. The molecule has 39 heavy (non-hydrogen) atoms. The summed E-state index contributed by atoms with van der Waals surface area (Å²) in [4.78, 5) is 0. The van der Waals surface area contributed by atoms with Crippen molar-refractivity contribution in [3.05, 3.63) is 162 Å². The van der Waals surface area contributed by atoms with Gasteiger partial charge in [0, 0.05) is 35.7 Å². The van der Waals surface area contributed by atoms with Crippen molar-refractivity contribution >= 4 is 32.4 Å². The summed E-state index contributed by atoms with van der Waals surface area (Å²) in [5, 5.41) is 3.07. The van der Waals surface area contributed by atoms with E-state index in [9.17, 15) is 0 Å². The number of nitrogens with zero attached hydrogens (tertiary/aromatic N) is 1. The highest BCUT2D eigenvalue weighted by molar-refractivity contribution is 7.86. The van der Waals surface area contributed by atoms with Crippen molar-refractivity contribution in [2.45, 2.75) is 37.0 Å². The van der Waals surface area contributed by atoms with Crippen LogP contribution in [0.25, 0.3) is 0 Å². The summed E-state index contributed by atoms with van der Waals surface area (Å²) < 4.78 is 2.95. The van der Waals surface area contributed by atoms with E-state index in [0.717, 1.165) is 12.8 Å². The van der Waals surface area contributed by atoms with E-state index in [0.29, 0.717) is 11.3 Å². The maximum absolute atomic E-state index is 2.95. The Morgan fingerprint density at radius 3 is 1.36 bits per heavy atom. The van der Waals surface area contributed by atoms with Gasteiger partial charge in [0.15, 0.2) is 0 Å². The molecule has 192 valence electrons. The zero-order valence-electron chi connectivity index (χ0n) is 22.1. The highest BCUT2D eigenvalue weighted by Crippen LogP contribution is 2.77. The van der Waals surface area contributed by atoms with Crippen molar-refractivity contribution in [1.82, 2.24) is 0 Å². The van der Waals surface area contributed by atoms with Crippen LogP contribution in [0.3, 0.4) is 0 Å². The number of fused-ring (bicyclic) bond motifs is 2. The van der Waals surface area contributed by atoms with E-state index in [2.05, 4.69) is 144 Å². The topological polar surface area (TPSA) is 3.24 Å². The van der Waals surface area contributed by atoms with E-state index in [1.807, 2.05) is 0 Å². The van der Waals surface area contributed by atoms with Crippen LogP contribution in [0.4, 0.5) is 5.69 Å². The van der Waals surface area contributed by atoms with E-state index in [1.165, 1.54) is 51.4 Å². The fraction of sp³-hybridized carbons (Fsp3) is 0.167. The van der Waals surface area contributed by atoms with Gasteiger partial charge in [-0.2, -0.15) is 0 Å². The Morgan fingerprint density at radius 1 is 0.462 bits per heavy atom. The molecule has 0 bridgehead atoms. The van der Waals surface area contributed by atoms with Crippen LogP contribution in [0.1, 0.15) is 46.4 Å². The molecule has 5 aromatic rings. The third-order valence-corrected chi connectivity index (χ3v) is 14.8. The summed E-state index contributed by atoms with van der Waals surface area (Å²) >= 11 is 0. The zero-order chi connectivity index (χ0) is 26.0. The summed E-state index contributed by atoms with van der Waals surface area (Å²) in [6.07, 6.45) is 4.67. The molecular weight excluding hydrogens is 508 g/mol. The highest BCUT2D eigenvalue weighted by atomic mass is 31.2. The van der Waals surface area contributed by atoms with Crippen molar-refractivity contribution < 1.29 is 0 Å². The quantitative estimate of drug-likeness (QED) is 0.200. The van der Waals surface area contributed by atoms with E-state index in [-0.39, 0.29) is 0 Å². The number of aryl methyl sites for hydroxylation is 2. The molecule has 0 radical (unpaired) electrons. The number of rotatable bonds is 5. The molecule has 0 unspecified atom stereocenters. The van der Waals surface area contributed by atoms with Crippen LogP contribution in [0.2, 0.25) is 0 Å². The van der Waals surface area contributed by atoms with Gasteiger partial charge < -0.3 is 4.44 Å². The van der Waals surface area contributed by atoms with Crippen molar-refractivity contribution in [1.29, 1.82) is 0 Å². The standard InChI is InChI=1S/C36H33NP2/c1-4-14-28(15-5-1)35-26-27-36(29-16-6-2-7-17-29)39(35)37(32-20-8-3-9-21-32)38-33-22-12-10-18-30(33)24-25-31-19-11-13-23-34(31)38/h1-23,35-36H,24-27H2/t35-,36-/m1/s1. The van der Waals surface area contributed by atoms with Gasteiger partial charge in [-0.3, -0.25) is 0 Å². The average Bonchev–Trinajstić information content (AvgIpc) is 3.38. The van der Waals surface area contributed by atoms with Crippen LogP contribution < -0.4 is 15.1 Å². The van der Waals surface area contributed by atoms with Gasteiger partial charge in [0.05, 0.1) is 8.07 Å². The monoisotopic (exact) mass is 541 g/mol. The molecule has 7 rings (SSSR count). The Bertz CT molecular complexity index is 1440. The van der Waals surface area contributed by atoms with Crippen LogP contribution >= 0.6 is 16.1 Å². The van der Waals surface area contributed by atoms with Gasteiger partial charge in [-0.05, 0) is 60.1 Å². The van der Waals surface area contributed by atoms with Crippen LogP contribution in [0.15, 0.2) is 140 Å². The first kappa shape index (κ1) is 24.8. The normalized spacial score (nSPS) is 19.2. The fourth-order valence-electron chi connectivity index (χ4n) is 6.43. The van der Waals surface area contributed by atoms with E-state index in [4.69, 9.17) is 0 Å². The predicted molar refractivity (Wildman–Crippen MR) is 170 cm³/mol. The number of para-hydroxylation sites is 1. The van der Waals surface area contributed by atoms with Gasteiger partial charge in [0.1, 0.15) is 0 Å². The lowest BCUT2D eigenvalue weighted by atomic mass is 10.0. The summed E-state index contributed by atoms with van der Waals surface area (Å²) in [6.45, 7) is 0. The minimum atomic E-state index is -0.753. The molecule has 5 aromatic carbocycles. The molecule has 2 aliphatic heterocycles. The zero-order valence-corrected chi connectivity index (χ0v) is 23.9. The van der Waals surface area contributed by atoms with Crippen molar-refractivity contribution in [3.8, 4) is 0 Å². The van der Waals surface area contributed by atoms with Gasteiger partial charge in [0.25, 0.3) is 0 Å². The second-order valence-electron chi connectivity index (χ2n) is 10.5. The van der Waals surface area contributed by atoms with Gasteiger partial charge in [-0.25, -0.2) is 0 Å². The number of benzene rings is 5. The molecule has 2 atom stereocenters. The van der Waals surface area contributed by atoms with Crippen LogP contribution in [0.5, 0.6) is 0 Å². The van der Waals surface area contributed by atoms with Crippen molar-refractivity contribution in [2.24, 2.45) is 0 Å². The molecule has 0 spiro atoms. The van der Waals surface area contributed by atoms with Gasteiger partial charge in [-0.15, -0.1) is 0 Å². The van der Waals surface area contributed by atoms with Gasteiger partial charge in [-0.1, -0.05) is 127 Å². The Hall–Kier alpha value is -3.24. The van der Waals surface area contributed by atoms with Crippen LogP contribution in [0, 0.1) is 0 Å². The number of hydrogen-bond acceptors (Lipinski definition) is 1. The van der Waals surface area contributed by atoms with Gasteiger partial charge in [0.2, 0.25) is 0 Å². The largest absolute Gasteiger partial charge is 0.320 e. The first-order chi connectivity index (χ1) is 19.4. The molecule has 0 aromatic heterocycles. The molecule has 2 heterocycles. The molecule has 0 N–H and O–H groups in total. The number of hydrogen-bond donors (Lipinski definition) is 0. The molecule has 2 aliphatic rings. The van der Waals surface area contributed by atoms with Gasteiger partial charge >= 0.3 is 0 Å². The van der Waals surface area contributed by atoms with E-state index in [1.54, 1.807) is 0 Å². The van der Waals surface area contributed by atoms with Crippen molar-refractivity contribution in [2.75, 3.05) is 4.44 Å². The SMILES string of the molecule is c1ccc([C@H]2CC[C@H](c3ccccc3)P2N(c2ccccc2)P2c3ccccc3CCc3ccccc32)cc1. The summed E-state index contributed by atoms with van der Waals surface area (Å²) in [7, 11) is -1.34. The average molecular weight is 542 g/mol. The first-order valence-electron chi connectivity index (χ1n) is 14.1. The maximum Gasteiger partial charge on any atom is 0.0590 e. The van der Waals surface area contributed by atoms with Crippen molar-refractivity contribution in [3.63, 3.8) is 0 Å². The molecule has 1 nitrogen and oxygen atoms in total. The predicted octanol–water partition coefficient (Wildman–Crippen LogP) is 9.31. The fourth-order valence-corrected chi connectivity index (χ4v) is 14.1. The molecule has 0 saturated carbocycles. The number of anilines is 1. The second kappa shape index (κ2) is 11.1. The molecule has 1 saturated heterocycles. The molecule has 0 amide bonds. The lowest BCUT2D eigenvalue weighted by Crippen LogP contribution is -2.28. The Morgan fingerprint density at radius 2 is 0.872 bits per heavy atom. The Balaban J connectivity index is 1.49. The highest BCUT2D eigenvalue weighted by Gasteiger charge is 2.45. The molecule has 1 fully saturated rings. The molecule has 3 heteroatoms. The Labute approximate surface area is 235 Å². The molecule has 0 aliphatic carbocycles. The third-order valence-electron chi connectivity index (χ3n) is 8.22. The Kier molecular flexibility index (Phi) is 7.05. The second-order valence-corrected chi connectivity index (χ2v) is 15.2. The lowest BCUT2D eigenvalue weighted by Gasteiger charge is -2.44. The van der Waals surface area contributed by atoms with E-state index < -0.39 is 16.1 Å². The minimum Gasteiger partial charge on any atom is -0.320 e. The van der Waals surface area contributed by atoms with Crippen LogP contribution in [-0.4, -0.2) is 0 Å². The lowest BCUT2D eigenvalue weighted by molar-refractivity contribution is 0.765. The van der Waals surface area contributed by atoms with E-state index >= 15 is 0 Å². The molecular formula is C36H33NP2. The summed E-state index contributed by atoms with van der Waals surface area (Å²) in [5.74, 6) is 0. The van der Waals surface area contributed by atoms with Crippen LogP contribution in [-0.2, 0) is 12.8 Å². The first-order valence-corrected chi connectivity index (χ1v) is 16.8.